The highest BCUT2D eigenvalue weighted by atomic mass is 19.4. The van der Waals surface area contributed by atoms with Crippen molar-refractivity contribution in [3.05, 3.63) is 35.4 Å². The van der Waals surface area contributed by atoms with Crippen molar-refractivity contribution in [1.29, 1.82) is 0 Å². The summed E-state index contributed by atoms with van der Waals surface area (Å²) in [6.07, 6.45) is 5.93. The Morgan fingerprint density at radius 3 is 2.19 bits per heavy atom. The number of fused-ring (bicyclic) bond motifs is 1. The van der Waals surface area contributed by atoms with Crippen molar-refractivity contribution in [2.45, 2.75) is 101 Å². The van der Waals surface area contributed by atoms with E-state index in [-0.39, 0.29) is 11.8 Å². The summed E-state index contributed by atoms with van der Waals surface area (Å²) in [7, 11) is 0. The Kier molecular flexibility index (Phi) is 14.6. The minimum absolute atomic E-state index is 0.191. The number of amides is 3. The molecule has 3 rings (SSSR count). The van der Waals surface area contributed by atoms with Crippen LogP contribution in [-0.2, 0) is 20.8 Å². The average Bonchev–Trinajstić information content (AvgIpc) is 2.95. The fourth-order valence-corrected chi connectivity index (χ4v) is 5.51. The van der Waals surface area contributed by atoms with Crippen molar-refractivity contribution < 1.29 is 42.6 Å². The molecule has 3 amide bonds. The molecule has 42 heavy (non-hydrogen) atoms. The van der Waals surface area contributed by atoms with Crippen LogP contribution in [0.15, 0.2) is 24.3 Å². The van der Waals surface area contributed by atoms with Gasteiger partial charge in [0, 0.05) is 12.5 Å². The summed E-state index contributed by atoms with van der Waals surface area (Å²) in [5.41, 5.74) is 8.15. The second-order valence-corrected chi connectivity index (χ2v) is 10.9. The van der Waals surface area contributed by atoms with Crippen molar-refractivity contribution in [2.75, 3.05) is 13.1 Å². The number of aryl methyl sites for hydroxylation is 1. The smallest absolute Gasteiger partial charge is 0.480 e. The molecule has 3 atom stereocenters. The van der Waals surface area contributed by atoms with Gasteiger partial charge in [0.2, 0.25) is 5.91 Å². The van der Waals surface area contributed by atoms with Crippen LogP contribution in [0.5, 0.6) is 0 Å². The Morgan fingerprint density at radius 2 is 1.57 bits per heavy atom. The van der Waals surface area contributed by atoms with Gasteiger partial charge in [0.25, 0.3) is 0 Å². The van der Waals surface area contributed by atoms with Gasteiger partial charge in [-0.05, 0) is 68.5 Å². The Morgan fingerprint density at radius 1 is 0.929 bits per heavy atom. The van der Waals surface area contributed by atoms with Crippen LogP contribution in [0.25, 0.3) is 0 Å². The van der Waals surface area contributed by atoms with E-state index in [0.29, 0.717) is 44.7 Å². The zero-order valence-electron chi connectivity index (χ0n) is 23.8. The van der Waals surface area contributed by atoms with Crippen LogP contribution >= 0.6 is 0 Å². The van der Waals surface area contributed by atoms with Gasteiger partial charge in [-0.2, -0.15) is 13.2 Å². The SMILES string of the molecule is NCCCC[C@H](NC(=O)N[C@H](CC1CCCCC1)C(=O)NCC1CCCc2ccccc21)C(=O)O.O=C(O)C(F)(F)F. The molecule has 0 aliphatic heterocycles. The molecule has 0 saturated heterocycles. The van der Waals surface area contributed by atoms with Gasteiger partial charge >= 0.3 is 24.1 Å². The number of alkyl halides is 3. The van der Waals surface area contributed by atoms with E-state index < -0.39 is 36.2 Å². The third kappa shape index (κ3) is 12.3. The summed E-state index contributed by atoms with van der Waals surface area (Å²) in [5.74, 6) is -3.38. The third-order valence-corrected chi connectivity index (χ3v) is 7.72. The molecule has 2 aliphatic rings. The van der Waals surface area contributed by atoms with E-state index in [0.717, 1.165) is 44.9 Å². The van der Waals surface area contributed by atoms with Gasteiger partial charge in [0.05, 0.1) is 0 Å². The quantitative estimate of drug-likeness (QED) is 0.196. The number of halogens is 3. The third-order valence-electron chi connectivity index (χ3n) is 7.72. The van der Waals surface area contributed by atoms with Crippen LogP contribution in [0.4, 0.5) is 18.0 Å². The molecule has 7 N–H and O–H groups in total. The van der Waals surface area contributed by atoms with Crippen molar-refractivity contribution in [3.8, 4) is 0 Å². The molecule has 13 heteroatoms. The van der Waals surface area contributed by atoms with Gasteiger partial charge in [-0.25, -0.2) is 14.4 Å². The summed E-state index contributed by atoms with van der Waals surface area (Å²) in [4.78, 5) is 46.5. The number of hydrogen-bond donors (Lipinski definition) is 6. The molecular weight excluding hydrogens is 557 g/mol. The minimum Gasteiger partial charge on any atom is -0.480 e. The monoisotopic (exact) mass is 600 g/mol. The predicted molar refractivity (Wildman–Crippen MR) is 150 cm³/mol. The fourth-order valence-electron chi connectivity index (χ4n) is 5.51. The topological polar surface area (TPSA) is 171 Å². The molecule has 1 aromatic rings. The first-order valence-electron chi connectivity index (χ1n) is 14.6. The van der Waals surface area contributed by atoms with Gasteiger partial charge in [0.15, 0.2) is 0 Å². The highest BCUT2D eigenvalue weighted by Crippen LogP contribution is 2.31. The highest BCUT2D eigenvalue weighted by molar-refractivity contribution is 5.88. The maximum absolute atomic E-state index is 13.3. The number of hydrogen-bond acceptors (Lipinski definition) is 5. The number of urea groups is 1. The summed E-state index contributed by atoms with van der Waals surface area (Å²) >= 11 is 0. The van der Waals surface area contributed by atoms with Crippen molar-refractivity contribution >= 4 is 23.9 Å². The Labute approximate surface area is 244 Å². The molecule has 1 saturated carbocycles. The minimum atomic E-state index is -5.08. The number of rotatable bonds is 12. The molecule has 0 radical (unpaired) electrons. The molecule has 2 aliphatic carbocycles. The molecule has 0 bridgehead atoms. The average molecular weight is 601 g/mol. The molecule has 0 spiro atoms. The number of carboxylic acids is 2. The standard InChI is InChI=1S/C27H42N4O4.C2HF3O2/c28-16-7-6-15-23(26(33)34)30-27(35)31-24(17-19-9-2-1-3-10-19)25(32)29-18-21-13-8-12-20-11-4-5-14-22(20)21;3-2(4,5)1(6)7/h4-5,11,14,19,21,23-24H,1-3,6-10,12-13,15-18,28H2,(H,29,32)(H,33,34)(H2,30,31,35);(H,6,7)/t21?,23-,24+;/m0./s1. The second kappa shape index (κ2) is 17.6. The van der Waals surface area contributed by atoms with Crippen LogP contribution in [-0.4, -0.2) is 65.4 Å². The predicted octanol–water partition coefficient (Wildman–Crippen LogP) is 4.08. The Bertz CT molecular complexity index is 1030. The van der Waals surface area contributed by atoms with E-state index in [4.69, 9.17) is 15.6 Å². The summed E-state index contributed by atoms with van der Waals surface area (Å²) in [5, 5.41) is 25.0. The molecule has 1 fully saturated rings. The number of nitrogens with two attached hydrogens (primary N) is 1. The molecular formula is C29H43F3N4O6. The van der Waals surface area contributed by atoms with Gasteiger partial charge in [0.1, 0.15) is 12.1 Å². The van der Waals surface area contributed by atoms with E-state index in [1.54, 1.807) is 0 Å². The van der Waals surface area contributed by atoms with Gasteiger partial charge in [-0.3, -0.25) is 4.79 Å². The van der Waals surface area contributed by atoms with E-state index >= 15 is 0 Å². The largest absolute Gasteiger partial charge is 0.490 e. The van der Waals surface area contributed by atoms with Crippen LogP contribution in [0.3, 0.4) is 0 Å². The number of benzene rings is 1. The van der Waals surface area contributed by atoms with Crippen molar-refractivity contribution in [3.63, 3.8) is 0 Å². The Balaban J connectivity index is 0.000000782. The Hall–Kier alpha value is -3.35. The summed E-state index contributed by atoms with van der Waals surface area (Å²) in [6.45, 7) is 1.02. The van der Waals surface area contributed by atoms with E-state index in [1.807, 2.05) is 6.07 Å². The number of carboxylic acid groups (broad SMARTS) is 2. The number of nitrogens with one attached hydrogen (secondary N) is 3. The van der Waals surface area contributed by atoms with Crippen LogP contribution in [0.2, 0.25) is 0 Å². The first kappa shape index (κ1) is 34.8. The van der Waals surface area contributed by atoms with Gasteiger partial charge < -0.3 is 31.9 Å². The van der Waals surface area contributed by atoms with E-state index in [1.165, 1.54) is 17.5 Å². The zero-order valence-corrected chi connectivity index (χ0v) is 23.8. The second-order valence-electron chi connectivity index (χ2n) is 10.9. The van der Waals surface area contributed by atoms with Crippen molar-refractivity contribution in [2.24, 2.45) is 11.7 Å². The maximum atomic E-state index is 13.3. The molecule has 1 aromatic carbocycles. The first-order chi connectivity index (χ1) is 19.9. The molecule has 0 aromatic heterocycles. The summed E-state index contributed by atoms with van der Waals surface area (Å²) < 4.78 is 31.7. The lowest BCUT2D eigenvalue weighted by atomic mass is 9.82. The van der Waals surface area contributed by atoms with Crippen LogP contribution < -0.4 is 21.7 Å². The lowest BCUT2D eigenvalue weighted by Gasteiger charge is -2.29. The van der Waals surface area contributed by atoms with Gasteiger partial charge in [-0.15, -0.1) is 0 Å². The number of carbonyl (C=O) groups is 4. The highest BCUT2D eigenvalue weighted by Gasteiger charge is 2.38. The summed E-state index contributed by atoms with van der Waals surface area (Å²) in [6, 6.07) is 6.12. The first-order valence-corrected chi connectivity index (χ1v) is 14.6. The lowest BCUT2D eigenvalue weighted by molar-refractivity contribution is -0.192. The lowest BCUT2D eigenvalue weighted by Crippen LogP contribution is -2.54. The fraction of sp³-hybridized carbons (Fsp3) is 0.655. The van der Waals surface area contributed by atoms with E-state index in [2.05, 4.69) is 34.1 Å². The van der Waals surface area contributed by atoms with Crippen molar-refractivity contribution in [1.82, 2.24) is 16.0 Å². The molecule has 1 unspecified atom stereocenters. The molecule has 10 nitrogen and oxygen atoms in total. The van der Waals surface area contributed by atoms with Crippen LogP contribution in [0.1, 0.15) is 87.7 Å². The number of carbonyl (C=O) groups excluding carboxylic acids is 2. The van der Waals surface area contributed by atoms with Crippen LogP contribution in [0, 0.1) is 5.92 Å². The maximum Gasteiger partial charge on any atom is 0.490 e. The normalized spacial score (nSPS) is 18.3. The molecule has 236 valence electrons. The number of unbranched alkanes of at least 4 members (excludes halogenated alkanes) is 1. The number of aliphatic carboxylic acids is 2. The molecule has 0 heterocycles. The zero-order chi connectivity index (χ0) is 31.1. The van der Waals surface area contributed by atoms with E-state index in [9.17, 15) is 32.7 Å². The van der Waals surface area contributed by atoms with Gasteiger partial charge in [-0.1, -0.05) is 56.4 Å².